The molecule has 2 heterocycles. The Hall–Kier alpha value is -2.67. The molecule has 1 aliphatic carbocycles. The van der Waals surface area contributed by atoms with E-state index in [1.54, 1.807) is 0 Å². The van der Waals surface area contributed by atoms with Gasteiger partial charge in [0.25, 0.3) is 5.89 Å². The van der Waals surface area contributed by atoms with Crippen LogP contribution in [0.1, 0.15) is 50.9 Å². The van der Waals surface area contributed by atoms with Crippen molar-refractivity contribution in [3.8, 4) is 10.8 Å². The molecule has 2 aromatic heterocycles. The van der Waals surface area contributed by atoms with Gasteiger partial charge in [0.1, 0.15) is 4.88 Å². The van der Waals surface area contributed by atoms with Crippen LogP contribution in [0.25, 0.3) is 10.8 Å². The number of rotatable bonds is 4. The monoisotopic (exact) mass is 382 g/mol. The second kappa shape index (κ2) is 6.81. The first-order chi connectivity index (χ1) is 12.9. The highest BCUT2D eigenvalue weighted by molar-refractivity contribution is 7.14. The van der Waals surface area contributed by atoms with E-state index in [0.29, 0.717) is 17.5 Å². The maximum Gasteiger partial charge on any atom is 0.323 e. The molecule has 3 aromatic rings. The van der Waals surface area contributed by atoms with Gasteiger partial charge < -0.3 is 15.2 Å². The van der Waals surface area contributed by atoms with Crippen molar-refractivity contribution in [2.45, 2.75) is 44.9 Å². The van der Waals surface area contributed by atoms with Crippen LogP contribution in [0.3, 0.4) is 0 Å². The van der Waals surface area contributed by atoms with Gasteiger partial charge in [0.2, 0.25) is 0 Å². The minimum atomic E-state index is -0.305. The number of hydrogen-bond donors (Lipinski definition) is 2. The van der Waals surface area contributed by atoms with Gasteiger partial charge in [-0.1, -0.05) is 38.1 Å². The highest BCUT2D eigenvalue weighted by Crippen LogP contribution is 2.40. The predicted molar refractivity (Wildman–Crippen MR) is 107 cm³/mol. The molecule has 0 radical (unpaired) electrons. The van der Waals surface area contributed by atoms with Crippen LogP contribution in [0.2, 0.25) is 0 Å². The number of hydrogen-bond acceptors (Lipinski definition) is 5. The molecule has 0 atom stereocenters. The third-order valence-electron chi connectivity index (χ3n) is 4.50. The van der Waals surface area contributed by atoms with E-state index in [-0.39, 0.29) is 11.4 Å². The molecule has 140 valence electrons. The lowest BCUT2D eigenvalue weighted by Crippen LogP contribution is -2.19. The molecular weight excluding hydrogens is 360 g/mol. The summed E-state index contributed by atoms with van der Waals surface area (Å²) in [6.07, 6.45) is 2.23. The van der Waals surface area contributed by atoms with Crippen LogP contribution < -0.4 is 10.6 Å². The Labute approximate surface area is 162 Å². The summed E-state index contributed by atoms with van der Waals surface area (Å²) in [5.41, 5.74) is 2.70. The number of nitrogens with one attached hydrogen (secondary N) is 2. The molecule has 0 aliphatic heterocycles. The minimum Gasteiger partial charge on any atom is -0.333 e. The van der Waals surface area contributed by atoms with Crippen LogP contribution in [0.15, 0.2) is 40.2 Å². The number of thiophene rings is 1. The van der Waals surface area contributed by atoms with E-state index in [0.717, 1.165) is 29.2 Å². The first kappa shape index (κ1) is 17.7. The molecular formula is C20H22N4O2S. The van der Waals surface area contributed by atoms with E-state index in [1.165, 1.54) is 16.9 Å². The average Bonchev–Trinajstić information content (AvgIpc) is 3.17. The lowest BCUT2D eigenvalue weighted by molar-refractivity contribution is 0.262. The SMILES string of the molecule is CC(C)(C)c1ccc(NC(=O)Nc2ccsc2-c2nc(C3CC3)no2)cc1. The quantitative estimate of drug-likeness (QED) is 0.614. The minimum absolute atomic E-state index is 0.0791. The van der Waals surface area contributed by atoms with Gasteiger partial charge in [0.15, 0.2) is 5.82 Å². The van der Waals surface area contributed by atoms with Crippen molar-refractivity contribution in [1.82, 2.24) is 10.1 Å². The number of anilines is 2. The summed E-state index contributed by atoms with van der Waals surface area (Å²) in [4.78, 5) is 17.6. The molecule has 1 aromatic carbocycles. The fourth-order valence-corrected chi connectivity index (χ4v) is 3.52. The predicted octanol–water partition coefficient (Wildman–Crippen LogP) is 5.62. The van der Waals surface area contributed by atoms with Gasteiger partial charge in [-0.05, 0) is 47.4 Å². The van der Waals surface area contributed by atoms with Crippen LogP contribution in [-0.2, 0) is 5.41 Å². The molecule has 27 heavy (non-hydrogen) atoms. The number of nitrogens with zero attached hydrogens (tertiary/aromatic N) is 2. The first-order valence-corrected chi connectivity index (χ1v) is 9.88. The smallest absolute Gasteiger partial charge is 0.323 e. The molecule has 0 unspecified atom stereocenters. The van der Waals surface area contributed by atoms with Crippen molar-refractivity contribution in [3.05, 3.63) is 47.1 Å². The van der Waals surface area contributed by atoms with Crippen molar-refractivity contribution in [2.75, 3.05) is 10.6 Å². The Kier molecular flexibility index (Phi) is 4.47. The molecule has 0 spiro atoms. The van der Waals surface area contributed by atoms with E-state index >= 15 is 0 Å². The normalized spacial score (nSPS) is 14.2. The van der Waals surface area contributed by atoms with Gasteiger partial charge in [0.05, 0.1) is 5.69 Å². The van der Waals surface area contributed by atoms with Gasteiger partial charge >= 0.3 is 6.03 Å². The number of urea groups is 1. The Morgan fingerprint density at radius 1 is 1.15 bits per heavy atom. The maximum absolute atomic E-state index is 12.4. The van der Waals surface area contributed by atoms with Gasteiger partial charge in [-0.2, -0.15) is 4.98 Å². The van der Waals surface area contributed by atoms with Crippen LogP contribution in [-0.4, -0.2) is 16.2 Å². The summed E-state index contributed by atoms with van der Waals surface area (Å²) in [5, 5.41) is 11.7. The number of carbonyl (C=O) groups is 1. The summed E-state index contributed by atoms with van der Waals surface area (Å²) in [6, 6.07) is 9.42. The van der Waals surface area contributed by atoms with Crippen molar-refractivity contribution >= 4 is 28.7 Å². The van der Waals surface area contributed by atoms with E-state index in [9.17, 15) is 4.79 Å². The van der Waals surface area contributed by atoms with E-state index in [2.05, 4.69) is 41.5 Å². The van der Waals surface area contributed by atoms with Crippen molar-refractivity contribution < 1.29 is 9.32 Å². The highest BCUT2D eigenvalue weighted by Gasteiger charge is 2.29. The highest BCUT2D eigenvalue weighted by atomic mass is 32.1. The zero-order valence-corrected chi connectivity index (χ0v) is 16.4. The van der Waals surface area contributed by atoms with Crippen LogP contribution in [0.4, 0.5) is 16.2 Å². The van der Waals surface area contributed by atoms with Crippen molar-refractivity contribution in [3.63, 3.8) is 0 Å². The Morgan fingerprint density at radius 3 is 2.56 bits per heavy atom. The lowest BCUT2D eigenvalue weighted by Gasteiger charge is -2.19. The second-order valence-electron chi connectivity index (χ2n) is 7.80. The summed E-state index contributed by atoms with van der Waals surface area (Å²) >= 11 is 1.46. The van der Waals surface area contributed by atoms with E-state index < -0.39 is 0 Å². The summed E-state index contributed by atoms with van der Waals surface area (Å²) < 4.78 is 5.37. The molecule has 1 fully saturated rings. The number of carbonyl (C=O) groups excluding carboxylic acids is 1. The van der Waals surface area contributed by atoms with Crippen molar-refractivity contribution in [1.29, 1.82) is 0 Å². The topological polar surface area (TPSA) is 80.0 Å². The average molecular weight is 382 g/mol. The summed E-state index contributed by atoms with van der Waals surface area (Å²) in [5.74, 6) is 1.64. The summed E-state index contributed by atoms with van der Waals surface area (Å²) in [7, 11) is 0. The maximum atomic E-state index is 12.4. The Bertz CT molecular complexity index is 949. The number of benzene rings is 1. The molecule has 4 rings (SSSR count). The zero-order valence-electron chi connectivity index (χ0n) is 15.6. The molecule has 1 aliphatic rings. The van der Waals surface area contributed by atoms with E-state index in [1.807, 2.05) is 35.7 Å². The number of amides is 2. The third-order valence-corrected chi connectivity index (χ3v) is 5.40. The van der Waals surface area contributed by atoms with Gasteiger partial charge in [-0.15, -0.1) is 11.3 Å². The van der Waals surface area contributed by atoms with Crippen molar-refractivity contribution in [2.24, 2.45) is 0 Å². The standard InChI is InChI=1S/C20H22N4O2S/c1-20(2,3)13-6-8-14(9-7-13)21-19(25)22-15-10-11-27-16(15)18-23-17(24-26-18)12-4-5-12/h6-12H,4-5H2,1-3H3,(H2,21,22,25). The molecule has 2 N–H and O–H groups in total. The van der Waals surface area contributed by atoms with Crippen LogP contribution >= 0.6 is 11.3 Å². The fourth-order valence-electron chi connectivity index (χ4n) is 2.75. The second-order valence-corrected chi connectivity index (χ2v) is 8.72. The lowest BCUT2D eigenvalue weighted by atomic mass is 9.87. The summed E-state index contributed by atoms with van der Waals surface area (Å²) in [6.45, 7) is 6.48. The van der Waals surface area contributed by atoms with Crippen LogP contribution in [0, 0.1) is 0 Å². The van der Waals surface area contributed by atoms with Gasteiger partial charge in [-0.25, -0.2) is 4.79 Å². The van der Waals surface area contributed by atoms with Crippen LogP contribution in [0.5, 0.6) is 0 Å². The Morgan fingerprint density at radius 2 is 1.89 bits per heavy atom. The van der Waals surface area contributed by atoms with E-state index in [4.69, 9.17) is 4.52 Å². The Balaban J connectivity index is 1.43. The molecule has 0 bridgehead atoms. The van der Waals surface area contributed by atoms with Gasteiger partial charge in [0, 0.05) is 11.6 Å². The molecule has 1 saturated carbocycles. The zero-order chi connectivity index (χ0) is 19.0. The molecule has 2 amide bonds. The molecule has 0 saturated heterocycles. The molecule has 6 nitrogen and oxygen atoms in total. The van der Waals surface area contributed by atoms with Gasteiger partial charge in [-0.3, -0.25) is 0 Å². The molecule has 7 heteroatoms. The fraction of sp³-hybridized carbons (Fsp3) is 0.350. The first-order valence-electron chi connectivity index (χ1n) is 9.00. The number of aromatic nitrogens is 2. The third kappa shape index (κ3) is 4.03. The largest absolute Gasteiger partial charge is 0.333 e.